The highest BCUT2D eigenvalue weighted by Gasteiger charge is 2.45. The van der Waals surface area contributed by atoms with Gasteiger partial charge in [-0.15, -0.1) is 10.2 Å². The number of nitrogens with zero attached hydrogens (tertiary/aromatic N) is 6. The van der Waals surface area contributed by atoms with Gasteiger partial charge in [0.25, 0.3) is 0 Å². The van der Waals surface area contributed by atoms with Crippen LogP contribution in [0.4, 0.5) is 5.69 Å². The molecule has 0 N–H and O–H groups in total. The van der Waals surface area contributed by atoms with Crippen molar-refractivity contribution < 1.29 is 4.79 Å². The van der Waals surface area contributed by atoms with Crippen LogP contribution in [0.3, 0.4) is 0 Å². The van der Waals surface area contributed by atoms with Crippen LogP contribution in [-0.2, 0) is 4.79 Å². The first-order valence-corrected chi connectivity index (χ1v) is 8.73. The Bertz CT molecular complexity index is 774. The molecule has 1 spiro atoms. The minimum Gasteiger partial charge on any atom is -0.368 e. The number of likely N-dealkylation sites (tertiary alicyclic amines) is 1. The molecule has 2 fully saturated rings. The molecule has 4 heterocycles. The molecule has 0 saturated carbocycles. The van der Waals surface area contributed by atoms with Gasteiger partial charge >= 0.3 is 0 Å². The van der Waals surface area contributed by atoms with Crippen molar-refractivity contribution in [1.29, 1.82) is 0 Å². The van der Waals surface area contributed by atoms with E-state index < -0.39 is 0 Å². The van der Waals surface area contributed by atoms with Crippen molar-refractivity contribution in [3.63, 3.8) is 0 Å². The number of hydrogen-bond donors (Lipinski definition) is 0. The Balaban J connectivity index is 1.63. The molecule has 2 aromatic rings. The molecule has 7 nitrogen and oxygen atoms in total. The second kappa shape index (κ2) is 5.43. The normalized spacial score (nSPS) is 20.8. The van der Waals surface area contributed by atoms with Crippen LogP contribution < -0.4 is 4.90 Å². The molecular weight excluding hydrogens is 304 g/mol. The highest BCUT2D eigenvalue weighted by Crippen LogP contribution is 2.39. The molecule has 1 amide bonds. The Hall–Kier alpha value is -2.18. The Labute approximate surface area is 141 Å². The van der Waals surface area contributed by atoms with Crippen LogP contribution in [-0.4, -0.2) is 56.3 Å². The summed E-state index contributed by atoms with van der Waals surface area (Å²) in [5.41, 5.74) is 3.02. The molecule has 128 valence electrons. The van der Waals surface area contributed by atoms with Crippen molar-refractivity contribution in [2.45, 2.75) is 51.0 Å². The Kier molecular flexibility index (Phi) is 3.47. The molecule has 2 aromatic heterocycles. The third-order valence-corrected chi connectivity index (χ3v) is 5.78. The maximum Gasteiger partial charge on any atom is 0.222 e. The van der Waals surface area contributed by atoms with E-state index in [0.29, 0.717) is 12.3 Å². The maximum absolute atomic E-state index is 11.9. The molecule has 0 radical (unpaired) electrons. The summed E-state index contributed by atoms with van der Waals surface area (Å²) in [5, 5.41) is 12.9. The third-order valence-electron chi connectivity index (χ3n) is 5.78. The van der Waals surface area contributed by atoms with E-state index in [1.807, 2.05) is 11.9 Å². The third kappa shape index (κ3) is 2.25. The van der Waals surface area contributed by atoms with Gasteiger partial charge in [-0.05, 0) is 31.2 Å². The molecule has 0 atom stereocenters. The van der Waals surface area contributed by atoms with Gasteiger partial charge in [0.2, 0.25) is 11.6 Å². The lowest BCUT2D eigenvalue weighted by atomic mass is 9.85. The molecule has 0 aromatic carbocycles. The van der Waals surface area contributed by atoms with E-state index in [-0.39, 0.29) is 11.4 Å². The summed E-state index contributed by atoms with van der Waals surface area (Å²) >= 11 is 0. The SMILES string of the molecule is CC(C)c1cc(N2CCC3(CCC(=O)N3C)CC2)c2nncn2n1. The monoisotopic (exact) mass is 328 g/mol. The highest BCUT2D eigenvalue weighted by molar-refractivity contribution is 5.79. The van der Waals surface area contributed by atoms with Crippen LogP contribution >= 0.6 is 0 Å². The second-order valence-electron chi connectivity index (χ2n) is 7.37. The largest absolute Gasteiger partial charge is 0.368 e. The standard InChI is InChI=1S/C17H24N6O/c1-12(2)13-10-14(16-19-18-11-23(16)20-13)22-8-6-17(7-9-22)5-4-15(24)21(17)3/h10-12H,4-9H2,1-3H3. The number of anilines is 1. The summed E-state index contributed by atoms with van der Waals surface area (Å²) in [5.74, 6) is 0.638. The van der Waals surface area contributed by atoms with Gasteiger partial charge in [0.1, 0.15) is 6.33 Å². The van der Waals surface area contributed by atoms with Crippen molar-refractivity contribution in [3.05, 3.63) is 18.1 Å². The van der Waals surface area contributed by atoms with Crippen LogP contribution in [0.2, 0.25) is 0 Å². The van der Waals surface area contributed by atoms with Crippen LogP contribution in [0.5, 0.6) is 0 Å². The van der Waals surface area contributed by atoms with Gasteiger partial charge in [-0.2, -0.15) is 9.61 Å². The molecule has 0 unspecified atom stereocenters. The fourth-order valence-corrected chi connectivity index (χ4v) is 4.03. The molecule has 0 bridgehead atoms. The first-order chi connectivity index (χ1) is 11.5. The number of amides is 1. The highest BCUT2D eigenvalue weighted by atomic mass is 16.2. The van der Waals surface area contributed by atoms with Gasteiger partial charge in [0.05, 0.1) is 11.4 Å². The van der Waals surface area contributed by atoms with E-state index in [9.17, 15) is 4.79 Å². The van der Waals surface area contributed by atoms with E-state index in [1.165, 1.54) is 0 Å². The quantitative estimate of drug-likeness (QED) is 0.841. The minimum absolute atomic E-state index is 0.0610. The lowest BCUT2D eigenvalue weighted by molar-refractivity contribution is -0.130. The van der Waals surface area contributed by atoms with Crippen molar-refractivity contribution in [2.24, 2.45) is 0 Å². The summed E-state index contributed by atoms with van der Waals surface area (Å²) in [6, 6.07) is 2.15. The summed E-state index contributed by atoms with van der Waals surface area (Å²) in [7, 11) is 1.96. The zero-order chi connectivity index (χ0) is 16.9. The summed E-state index contributed by atoms with van der Waals surface area (Å²) < 4.78 is 1.78. The Morgan fingerprint density at radius 2 is 1.96 bits per heavy atom. The number of fused-ring (bicyclic) bond motifs is 1. The molecule has 24 heavy (non-hydrogen) atoms. The number of hydrogen-bond acceptors (Lipinski definition) is 5. The van der Waals surface area contributed by atoms with Gasteiger partial charge in [0.15, 0.2) is 0 Å². The summed E-state index contributed by atoms with van der Waals surface area (Å²) in [6.45, 7) is 6.16. The molecule has 2 aliphatic heterocycles. The minimum atomic E-state index is 0.0610. The number of carbonyl (C=O) groups is 1. The number of rotatable bonds is 2. The molecule has 0 aliphatic carbocycles. The molecule has 2 aliphatic rings. The Morgan fingerprint density at radius 1 is 1.21 bits per heavy atom. The summed E-state index contributed by atoms with van der Waals surface area (Å²) in [4.78, 5) is 16.3. The summed E-state index contributed by atoms with van der Waals surface area (Å²) in [6.07, 6.45) is 5.37. The fourth-order valence-electron chi connectivity index (χ4n) is 4.03. The lowest BCUT2D eigenvalue weighted by Gasteiger charge is -2.44. The first-order valence-electron chi connectivity index (χ1n) is 8.73. The smallest absolute Gasteiger partial charge is 0.222 e. The van der Waals surface area contributed by atoms with Crippen LogP contribution in [0.1, 0.15) is 51.1 Å². The number of aromatic nitrogens is 4. The Morgan fingerprint density at radius 3 is 2.58 bits per heavy atom. The predicted molar refractivity (Wildman–Crippen MR) is 91.1 cm³/mol. The van der Waals surface area contributed by atoms with Crippen molar-refractivity contribution >= 4 is 17.2 Å². The topological polar surface area (TPSA) is 66.6 Å². The van der Waals surface area contributed by atoms with Gasteiger partial charge in [-0.1, -0.05) is 13.8 Å². The number of carbonyl (C=O) groups excluding carboxylic acids is 1. The first kappa shape index (κ1) is 15.4. The molecule has 7 heteroatoms. The van der Waals surface area contributed by atoms with Crippen molar-refractivity contribution in [3.8, 4) is 0 Å². The zero-order valence-corrected chi connectivity index (χ0v) is 14.6. The number of piperidine rings is 1. The predicted octanol–water partition coefficient (Wildman–Crippen LogP) is 1.84. The van der Waals surface area contributed by atoms with Crippen LogP contribution in [0.25, 0.3) is 5.65 Å². The average molecular weight is 328 g/mol. The van der Waals surface area contributed by atoms with Crippen LogP contribution in [0, 0.1) is 0 Å². The average Bonchev–Trinajstić information content (AvgIpc) is 3.16. The molecular formula is C17H24N6O. The van der Waals surface area contributed by atoms with Crippen LogP contribution in [0.15, 0.2) is 12.4 Å². The van der Waals surface area contributed by atoms with Crippen molar-refractivity contribution in [2.75, 3.05) is 25.0 Å². The van der Waals surface area contributed by atoms with E-state index in [2.05, 4.69) is 40.1 Å². The van der Waals surface area contributed by atoms with Gasteiger partial charge < -0.3 is 9.80 Å². The molecule has 2 saturated heterocycles. The maximum atomic E-state index is 11.9. The van der Waals surface area contributed by atoms with Gasteiger partial charge in [0, 0.05) is 32.1 Å². The van der Waals surface area contributed by atoms with E-state index >= 15 is 0 Å². The van der Waals surface area contributed by atoms with Gasteiger partial charge in [-0.3, -0.25) is 4.79 Å². The van der Waals surface area contributed by atoms with E-state index in [1.54, 1.807) is 10.8 Å². The van der Waals surface area contributed by atoms with E-state index in [4.69, 9.17) is 0 Å². The second-order valence-corrected chi connectivity index (χ2v) is 7.37. The zero-order valence-electron chi connectivity index (χ0n) is 14.6. The van der Waals surface area contributed by atoms with Gasteiger partial charge in [-0.25, -0.2) is 0 Å². The molecule has 4 rings (SSSR count). The van der Waals surface area contributed by atoms with Crippen molar-refractivity contribution in [1.82, 2.24) is 24.7 Å². The lowest BCUT2D eigenvalue weighted by Crippen LogP contribution is -2.51. The van der Waals surface area contributed by atoms with E-state index in [0.717, 1.165) is 49.4 Å². The fraction of sp³-hybridized carbons (Fsp3) is 0.647.